The van der Waals surface area contributed by atoms with Crippen molar-refractivity contribution >= 4 is 29.1 Å². The maximum Gasteiger partial charge on any atom is 0.274 e. The Labute approximate surface area is 197 Å². The molecule has 1 amide bonds. The molecule has 1 aromatic carbocycles. The fourth-order valence-electron chi connectivity index (χ4n) is 4.88. The van der Waals surface area contributed by atoms with Gasteiger partial charge in [0, 0.05) is 48.3 Å². The van der Waals surface area contributed by atoms with Gasteiger partial charge in [-0.15, -0.1) is 11.0 Å². The van der Waals surface area contributed by atoms with E-state index in [1.165, 1.54) is 13.3 Å². The molecule has 1 aromatic heterocycles. The molecule has 0 bridgehead atoms. The van der Waals surface area contributed by atoms with Crippen LogP contribution >= 0.6 is 11.6 Å². The van der Waals surface area contributed by atoms with E-state index in [-0.39, 0.29) is 30.3 Å². The Kier molecular flexibility index (Phi) is 6.48. The second kappa shape index (κ2) is 9.32. The summed E-state index contributed by atoms with van der Waals surface area (Å²) in [5.74, 6) is 4.68. The zero-order valence-corrected chi connectivity index (χ0v) is 19.3. The number of piperidine rings is 1. The third-order valence-corrected chi connectivity index (χ3v) is 6.83. The molecule has 4 rings (SSSR count). The number of likely N-dealkylation sites (tertiary alicyclic amines) is 1. The van der Waals surface area contributed by atoms with E-state index in [1.807, 2.05) is 0 Å². The predicted molar refractivity (Wildman–Crippen MR) is 122 cm³/mol. The van der Waals surface area contributed by atoms with E-state index in [0.717, 1.165) is 0 Å². The lowest BCUT2D eigenvalue weighted by atomic mass is 9.63. The average molecular weight is 466 g/mol. The van der Waals surface area contributed by atoms with Crippen LogP contribution in [0.15, 0.2) is 30.5 Å². The minimum Gasteiger partial charge on any atom is -0.496 e. The van der Waals surface area contributed by atoms with Crippen molar-refractivity contribution < 1.29 is 19.1 Å². The molecule has 1 saturated heterocycles. The molecule has 170 valence electrons. The maximum atomic E-state index is 13.3. The molecule has 2 fully saturated rings. The van der Waals surface area contributed by atoms with Gasteiger partial charge in [-0.1, -0.05) is 17.5 Å². The zero-order valence-electron chi connectivity index (χ0n) is 18.6. The number of carbonyl (C=O) groups is 3. The van der Waals surface area contributed by atoms with Gasteiger partial charge in [0.2, 0.25) is 0 Å². The lowest BCUT2D eigenvalue weighted by Crippen LogP contribution is -2.48. The van der Waals surface area contributed by atoms with E-state index in [9.17, 15) is 14.4 Å². The van der Waals surface area contributed by atoms with Gasteiger partial charge in [0.05, 0.1) is 7.11 Å². The van der Waals surface area contributed by atoms with E-state index < -0.39 is 11.3 Å². The summed E-state index contributed by atoms with van der Waals surface area (Å²) in [5, 5.41) is 7.95. The number of hydrogen-bond donors (Lipinski definition) is 0. The summed E-state index contributed by atoms with van der Waals surface area (Å²) < 4.78 is 5.47. The van der Waals surface area contributed by atoms with Gasteiger partial charge in [0.25, 0.3) is 5.91 Å². The Hall–Kier alpha value is -3.24. The van der Waals surface area contributed by atoms with Crippen molar-refractivity contribution in [2.45, 2.75) is 38.5 Å². The van der Waals surface area contributed by atoms with Crippen LogP contribution in [-0.4, -0.2) is 52.8 Å². The number of ketones is 2. The van der Waals surface area contributed by atoms with Crippen LogP contribution in [0, 0.1) is 17.3 Å². The smallest absolute Gasteiger partial charge is 0.274 e. The number of Topliss-reactive ketones (excluding diaryl/α,β-unsaturated/α-hetero) is 2. The highest BCUT2D eigenvalue weighted by Gasteiger charge is 2.48. The fourth-order valence-corrected chi connectivity index (χ4v) is 5.20. The molecule has 2 aliphatic rings. The molecule has 0 N–H and O–H groups in total. The number of amides is 1. The van der Waals surface area contributed by atoms with E-state index in [2.05, 4.69) is 22.0 Å². The molecule has 2 heterocycles. The Morgan fingerprint density at radius 2 is 1.91 bits per heavy atom. The minimum absolute atomic E-state index is 0.158. The lowest BCUT2D eigenvalue weighted by molar-refractivity contribution is -0.138. The molecular weight excluding hydrogens is 442 g/mol. The number of methoxy groups -OCH3 is 1. The van der Waals surface area contributed by atoms with Gasteiger partial charge in [0.15, 0.2) is 5.69 Å². The summed E-state index contributed by atoms with van der Waals surface area (Å²) in [6, 6.07) is 6.67. The number of nitrogens with zero attached hydrogens (tertiary/aromatic N) is 3. The van der Waals surface area contributed by atoms with Gasteiger partial charge >= 0.3 is 0 Å². The number of hydrogen-bond acceptors (Lipinski definition) is 6. The van der Waals surface area contributed by atoms with Crippen molar-refractivity contribution in [2.24, 2.45) is 5.41 Å². The van der Waals surface area contributed by atoms with Gasteiger partial charge in [-0.2, -0.15) is 5.10 Å². The Morgan fingerprint density at radius 3 is 2.48 bits per heavy atom. The van der Waals surface area contributed by atoms with Crippen LogP contribution in [0.5, 0.6) is 5.75 Å². The predicted octanol–water partition coefficient (Wildman–Crippen LogP) is 3.45. The normalized spacial score (nSPS) is 18.1. The highest BCUT2D eigenvalue weighted by molar-refractivity contribution is 6.32. The van der Waals surface area contributed by atoms with E-state index >= 15 is 0 Å². The third-order valence-electron chi connectivity index (χ3n) is 6.51. The number of ether oxygens (including phenoxy) is 1. The summed E-state index contributed by atoms with van der Waals surface area (Å²) in [5.41, 5.74) is 0.940. The summed E-state index contributed by atoms with van der Waals surface area (Å²) in [6.45, 7) is 2.65. The van der Waals surface area contributed by atoms with Gasteiger partial charge in [-0.25, -0.2) is 0 Å². The molecule has 1 spiro atoms. The monoisotopic (exact) mass is 465 g/mol. The molecule has 2 aromatic rings. The van der Waals surface area contributed by atoms with Gasteiger partial charge < -0.3 is 9.64 Å². The van der Waals surface area contributed by atoms with Crippen LogP contribution in [0.1, 0.15) is 60.1 Å². The van der Waals surface area contributed by atoms with E-state index in [0.29, 0.717) is 53.5 Å². The average Bonchev–Trinajstić information content (AvgIpc) is 2.80. The quantitative estimate of drug-likeness (QED) is 0.509. The van der Waals surface area contributed by atoms with Crippen LogP contribution < -0.4 is 4.74 Å². The Balaban J connectivity index is 1.51. The molecule has 0 radical (unpaired) electrons. The molecular formula is C25H24ClN3O4. The lowest BCUT2D eigenvalue weighted by Gasteiger charge is -2.44. The standard InChI is InChI=1S/C25H24ClN3O4/c1-3-5-16-12-17(26)22(21(13-16)33-2)23-19(30)14-25(15-20(23)31)7-10-29(11-8-25)24(32)18-6-4-9-27-28-18/h4,6,9,12-13,23H,7-8,10-11,14-15H2,1-2H3. The van der Waals surface area contributed by atoms with Crippen molar-refractivity contribution in [3.05, 3.63) is 52.3 Å². The second-order valence-corrected chi connectivity index (χ2v) is 8.98. The molecule has 8 heteroatoms. The molecule has 0 unspecified atom stereocenters. The molecule has 0 atom stereocenters. The molecule has 1 aliphatic heterocycles. The van der Waals surface area contributed by atoms with Crippen LogP contribution in [0.4, 0.5) is 0 Å². The summed E-state index contributed by atoms with van der Waals surface area (Å²) in [7, 11) is 1.49. The number of aromatic nitrogens is 2. The highest BCUT2D eigenvalue weighted by atomic mass is 35.5. The Morgan fingerprint density at radius 1 is 1.21 bits per heavy atom. The summed E-state index contributed by atoms with van der Waals surface area (Å²) in [4.78, 5) is 41.0. The van der Waals surface area contributed by atoms with Crippen molar-refractivity contribution in [2.75, 3.05) is 20.2 Å². The van der Waals surface area contributed by atoms with Crippen molar-refractivity contribution in [3.8, 4) is 17.6 Å². The molecule has 33 heavy (non-hydrogen) atoms. The van der Waals surface area contributed by atoms with Gasteiger partial charge in [0.1, 0.15) is 23.2 Å². The largest absolute Gasteiger partial charge is 0.496 e. The van der Waals surface area contributed by atoms with Gasteiger partial charge in [-0.3, -0.25) is 14.4 Å². The first kappa shape index (κ1) is 22.9. The van der Waals surface area contributed by atoms with Gasteiger partial charge in [-0.05, 0) is 49.4 Å². The first-order chi connectivity index (χ1) is 15.9. The van der Waals surface area contributed by atoms with Crippen LogP contribution in [0.3, 0.4) is 0 Å². The second-order valence-electron chi connectivity index (χ2n) is 8.57. The highest BCUT2D eigenvalue weighted by Crippen LogP contribution is 2.48. The fraction of sp³-hybridized carbons (Fsp3) is 0.400. The summed E-state index contributed by atoms with van der Waals surface area (Å²) in [6.07, 6.45) is 3.22. The minimum atomic E-state index is -0.944. The third kappa shape index (κ3) is 4.49. The maximum absolute atomic E-state index is 13.3. The zero-order chi connectivity index (χ0) is 23.6. The van der Waals surface area contributed by atoms with Crippen molar-refractivity contribution in [3.63, 3.8) is 0 Å². The number of benzene rings is 1. The molecule has 7 nitrogen and oxygen atoms in total. The van der Waals surface area contributed by atoms with Crippen LogP contribution in [0.2, 0.25) is 5.02 Å². The first-order valence-electron chi connectivity index (χ1n) is 10.8. The number of halogens is 1. The van der Waals surface area contributed by atoms with Crippen molar-refractivity contribution in [1.82, 2.24) is 15.1 Å². The number of carbonyl (C=O) groups excluding carboxylic acids is 3. The topological polar surface area (TPSA) is 89.5 Å². The SMILES string of the molecule is CC#Cc1cc(Cl)c(C2C(=O)CC3(CCN(C(=O)c4cccnn4)CC3)CC2=O)c(OC)c1. The van der Waals surface area contributed by atoms with E-state index in [4.69, 9.17) is 16.3 Å². The van der Waals surface area contributed by atoms with Crippen LogP contribution in [-0.2, 0) is 9.59 Å². The van der Waals surface area contributed by atoms with Crippen LogP contribution in [0.25, 0.3) is 0 Å². The number of rotatable bonds is 3. The van der Waals surface area contributed by atoms with Crippen molar-refractivity contribution in [1.29, 1.82) is 0 Å². The van der Waals surface area contributed by atoms with E-state index in [1.54, 1.807) is 36.1 Å². The molecule has 1 aliphatic carbocycles. The first-order valence-corrected chi connectivity index (χ1v) is 11.2. The Bertz CT molecular complexity index is 1140. The summed E-state index contributed by atoms with van der Waals surface area (Å²) >= 11 is 6.50. The molecule has 1 saturated carbocycles.